The van der Waals surface area contributed by atoms with Crippen molar-refractivity contribution in [3.8, 4) is 23.1 Å². The lowest BCUT2D eigenvalue weighted by Gasteiger charge is -2.30. The summed E-state index contributed by atoms with van der Waals surface area (Å²) in [7, 11) is 0. The van der Waals surface area contributed by atoms with E-state index in [2.05, 4.69) is 32.8 Å². The minimum absolute atomic E-state index is 0.232. The average Bonchev–Trinajstić information content (AvgIpc) is 4.10. The Hall–Kier alpha value is -7.40. The van der Waals surface area contributed by atoms with Crippen molar-refractivity contribution in [1.29, 1.82) is 0 Å². The van der Waals surface area contributed by atoms with Crippen LogP contribution in [0, 0.1) is 11.8 Å². The number of aromatic amines is 1. The second-order valence-corrected chi connectivity index (χ2v) is 18.8. The Morgan fingerprint density at radius 2 is 1.16 bits per heavy atom. The van der Waals surface area contributed by atoms with E-state index in [4.69, 9.17) is 14.5 Å². The summed E-state index contributed by atoms with van der Waals surface area (Å²) in [6.07, 6.45) is 3.43. The van der Waals surface area contributed by atoms with Gasteiger partial charge in [-0.25, -0.2) is 14.6 Å². The van der Waals surface area contributed by atoms with Gasteiger partial charge in [0, 0.05) is 42.4 Å². The van der Waals surface area contributed by atoms with Gasteiger partial charge in [0.25, 0.3) is 11.8 Å². The molecule has 67 heavy (non-hydrogen) atoms. The molecule has 0 aliphatic carbocycles. The zero-order chi connectivity index (χ0) is 47.7. The molecule has 4 aromatic carbocycles. The molecule has 7 rings (SSSR count). The number of ether oxygens (including phenoxy) is 2. The van der Waals surface area contributed by atoms with Crippen molar-refractivity contribution in [2.24, 2.45) is 0 Å². The molecule has 4 unspecified atom stereocenters. The van der Waals surface area contributed by atoms with Crippen molar-refractivity contribution >= 4 is 29.9 Å². The van der Waals surface area contributed by atoms with Gasteiger partial charge in [-0.05, 0) is 120 Å². The van der Waals surface area contributed by atoms with Crippen LogP contribution >= 0.6 is 0 Å². The lowest BCUT2D eigenvalue weighted by atomic mass is 10.0. The molecular weight excluding hydrogens is 847 g/mol. The predicted molar refractivity (Wildman–Crippen MR) is 254 cm³/mol. The number of aromatic nitrogens is 2. The quantitative estimate of drug-likeness (QED) is 0.0957. The minimum atomic E-state index is -0.935. The number of carbonyl (C=O) groups excluding carboxylic acids is 5. The number of amides is 5. The summed E-state index contributed by atoms with van der Waals surface area (Å²) in [6.45, 7) is 11.9. The third-order valence-corrected chi connectivity index (χ3v) is 11.4. The Morgan fingerprint density at radius 1 is 0.672 bits per heavy atom. The summed E-state index contributed by atoms with van der Waals surface area (Å²) in [5, 5.41) is 8.56. The predicted octanol–water partition coefficient (Wildman–Crippen LogP) is 8.39. The molecular formula is C53H59N7O7. The first kappa shape index (κ1) is 47.6. The van der Waals surface area contributed by atoms with Gasteiger partial charge in [-0.15, -0.1) is 0 Å². The number of hydrogen-bond donors (Lipinski definition) is 4. The van der Waals surface area contributed by atoms with Gasteiger partial charge in [0.2, 0.25) is 5.91 Å². The SMILES string of the molecule is CC(C)(C)OC(=O)NC(C(=O)N1CCCC1CNC(=O)c1ccc(C#Cc2ccc(-c3cnc(C4CCCN4C(=O)C(NC(=O)OC(C)(C)C)c4ccccc4)[nH]3)cc2)cc1)c1ccccc1. The highest BCUT2D eigenvalue weighted by molar-refractivity contribution is 5.94. The Balaban J connectivity index is 0.938. The average molecular weight is 906 g/mol. The molecule has 2 fully saturated rings. The lowest BCUT2D eigenvalue weighted by molar-refractivity contribution is -0.135. The molecule has 5 amide bonds. The number of nitrogens with one attached hydrogen (secondary N) is 4. The maximum atomic E-state index is 14.1. The summed E-state index contributed by atoms with van der Waals surface area (Å²) in [6, 6.07) is 30.7. The Kier molecular flexibility index (Phi) is 14.8. The zero-order valence-corrected chi connectivity index (χ0v) is 38.9. The Bertz CT molecular complexity index is 2590. The van der Waals surface area contributed by atoms with Crippen LogP contribution in [0.1, 0.15) is 124 Å². The smallest absolute Gasteiger partial charge is 0.408 e. The van der Waals surface area contributed by atoms with E-state index < -0.39 is 35.5 Å². The first-order chi connectivity index (χ1) is 32.0. The van der Waals surface area contributed by atoms with E-state index in [0.717, 1.165) is 41.6 Å². The van der Waals surface area contributed by atoms with Crippen molar-refractivity contribution in [2.75, 3.05) is 19.6 Å². The van der Waals surface area contributed by atoms with Crippen molar-refractivity contribution in [3.05, 3.63) is 149 Å². The van der Waals surface area contributed by atoms with Crippen molar-refractivity contribution in [2.45, 2.75) is 103 Å². The van der Waals surface area contributed by atoms with E-state index in [-0.39, 0.29) is 36.3 Å². The molecule has 0 radical (unpaired) electrons. The molecule has 3 heterocycles. The number of H-pyrrole nitrogens is 1. The normalized spacial score (nSPS) is 16.8. The number of benzene rings is 4. The fourth-order valence-electron chi connectivity index (χ4n) is 8.25. The highest BCUT2D eigenvalue weighted by Crippen LogP contribution is 2.34. The third kappa shape index (κ3) is 12.7. The summed E-state index contributed by atoms with van der Waals surface area (Å²) >= 11 is 0. The summed E-state index contributed by atoms with van der Waals surface area (Å²) in [5.74, 6) is 6.29. The van der Waals surface area contributed by atoms with Gasteiger partial charge in [0.05, 0.1) is 17.9 Å². The van der Waals surface area contributed by atoms with Crippen LogP contribution in [-0.2, 0) is 19.1 Å². The highest BCUT2D eigenvalue weighted by Gasteiger charge is 2.38. The van der Waals surface area contributed by atoms with Gasteiger partial charge < -0.3 is 40.2 Å². The van der Waals surface area contributed by atoms with Gasteiger partial charge in [-0.1, -0.05) is 84.6 Å². The number of hydrogen-bond acceptors (Lipinski definition) is 8. The van der Waals surface area contributed by atoms with E-state index in [0.29, 0.717) is 42.0 Å². The van der Waals surface area contributed by atoms with Crippen molar-refractivity contribution < 1.29 is 33.4 Å². The van der Waals surface area contributed by atoms with Crippen LogP contribution < -0.4 is 16.0 Å². The molecule has 0 spiro atoms. The minimum Gasteiger partial charge on any atom is -0.444 e. The molecule has 14 heteroatoms. The lowest BCUT2D eigenvalue weighted by Crippen LogP contribution is -2.49. The van der Waals surface area contributed by atoms with E-state index in [1.54, 1.807) is 93.9 Å². The van der Waals surface area contributed by atoms with Crippen LogP contribution in [0.5, 0.6) is 0 Å². The molecule has 0 bridgehead atoms. The molecule has 2 aliphatic rings. The second kappa shape index (κ2) is 20.8. The first-order valence-corrected chi connectivity index (χ1v) is 22.8. The van der Waals surface area contributed by atoms with Gasteiger partial charge in [0.1, 0.15) is 29.1 Å². The van der Waals surface area contributed by atoms with Crippen LogP contribution in [0.3, 0.4) is 0 Å². The summed E-state index contributed by atoms with van der Waals surface area (Å²) in [4.78, 5) is 78.6. The zero-order valence-electron chi connectivity index (χ0n) is 38.9. The van der Waals surface area contributed by atoms with Gasteiger partial charge in [0.15, 0.2) is 0 Å². The molecule has 348 valence electrons. The number of likely N-dealkylation sites (tertiary alicyclic amines) is 2. The number of alkyl carbamates (subject to hydrolysis) is 2. The van der Waals surface area contributed by atoms with Gasteiger partial charge >= 0.3 is 12.2 Å². The molecule has 0 saturated carbocycles. The monoisotopic (exact) mass is 905 g/mol. The topological polar surface area (TPSA) is 175 Å². The highest BCUT2D eigenvalue weighted by atomic mass is 16.6. The fourth-order valence-corrected chi connectivity index (χ4v) is 8.25. The van der Waals surface area contributed by atoms with Crippen LogP contribution in [0.25, 0.3) is 11.3 Å². The molecule has 1 aromatic heterocycles. The summed E-state index contributed by atoms with van der Waals surface area (Å²) in [5.41, 5.74) is 3.57. The molecule has 4 N–H and O–H groups in total. The van der Waals surface area contributed by atoms with Gasteiger partial charge in [-0.2, -0.15) is 0 Å². The van der Waals surface area contributed by atoms with E-state index >= 15 is 0 Å². The number of rotatable bonds is 11. The maximum absolute atomic E-state index is 14.1. The first-order valence-electron chi connectivity index (χ1n) is 22.8. The fraction of sp³-hybridized carbons (Fsp3) is 0.358. The maximum Gasteiger partial charge on any atom is 0.408 e. The van der Waals surface area contributed by atoms with E-state index in [9.17, 15) is 24.0 Å². The van der Waals surface area contributed by atoms with Crippen LogP contribution in [0.4, 0.5) is 9.59 Å². The second-order valence-electron chi connectivity index (χ2n) is 18.8. The largest absolute Gasteiger partial charge is 0.444 e. The van der Waals surface area contributed by atoms with E-state index in [1.807, 2.05) is 72.8 Å². The molecule has 14 nitrogen and oxygen atoms in total. The number of nitrogens with zero attached hydrogens (tertiary/aromatic N) is 3. The van der Waals surface area contributed by atoms with Crippen LogP contribution in [0.15, 0.2) is 115 Å². The van der Waals surface area contributed by atoms with Crippen molar-refractivity contribution in [1.82, 2.24) is 35.7 Å². The number of carbonyl (C=O) groups is 5. The third-order valence-electron chi connectivity index (χ3n) is 11.4. The van der Waals surface area contributed by atoms with Crippen LogP contribution in [0.2, 0.25) is 0 Å². The Morgan fingerprint density at radius 3 is 1.70 bits per heavy atom. The number of imidazole rings is 1. The molecule has 5 aromatic rings. The van der Waals surface area contributed by atoms with Gasteiger partial charge in [-0.3, -0.25) is 14.4 Å². The molecule has 2 saturated heterocycles. The molecule has 4 atom stereocenters. The standard InChI is InChI=1S/C53H59N7O7/c1-52(2,3)66-50(64)57-44(38-15-9-7-10-16-38)48(62)59-31-13-19-41(59)33-55-47(61)40-29-25-36(26-30-40)22-21-35-23-27-37(28-24-35)42-34-54-46(56-42)43-20-14-32-60(43)49(63)45(39-17-11-8-12-18-39)58-51(65)67-53(4,5)6/h7-12,15-18,23-30,34,41,43-45H,13-14,19-20,31-33H2,1-6H3,(H,54,56)(H,55,61)(H,57,64)(H,58,65). The Labute approximate surface area is 392 Å². The van der Waals surface area contributed by atoms with Crippen LogP contribution in [-0.4, -0.2) is 86.6 Å². The van der Waals surface area contributed by atoms with E-state index in [1.165, 1.54) is 0 Å². The van der Waals surface area contributed by atoms with Crippen molar-refractivity contribution in [3.63, 3.8) is 0 Å². The molecule has 2 aliphatic heterocycles. The summed E-state index contributed by atoms with van der Waals surface area (Å²) < 4.78 is 11.0.